The Kier molecular flexibility index (Phi) is 11.6. The average molecular weight is 858 g/mol. The van der Waals surface area contributed by atoms with Gasteiger partial charge in [-0.3, -0.25) is 9.59 Å². The van der Waals surface area contributed by atoms with Crippen LogP contribution in [0.1, 0.15) is 88.8 Å². The summed E-state index contributed by atoms with van der Waals surface area (Å²) in [5.41, 5.74) is -0.227. The van der Waals surface area contributed by atoms with Crippen LogP contribution < -0.4 is 35.7 Å². The van der Waals surface area contributed by atoms with Crippen molar-refractivity contribution in [2.75, 3.05) is 18.0 Å². The summed E-state index contributed by atoms with van der Waals surface area (Å²) in [4.78, 5) is 30.2. The highest BCUT2D eigenvalue weighted by Gasteiger charge is 2.48. The maximum Gasteiger partial charge on any atom is 0.416 e. The third-order valence-corrected chi connectivity index (χ3v) is 12.1. The van der Waals surface area contributed by atoms with E-state index in [-0.39, 0.29) is 22.6 Å². The fraction of sp³-hybridized carbons (Fsp3) is 0.380. The summed E-state index contributed by atoms with van der Waals surface area (Å²) in [7, 11) is 0. The molecule has 0 bridgehead atoms. The van der Waals surface area contributed by atoms with Gasteiger partial charge in [0.1, 0.15) is 11.5 Å². The van der Waals surface area contributed by atoms with E-state index in [1.54, 1.807) is 19.9 Å². The van der Waals surface area contributed by atoms with Crippen molar-refractivity contribution in [1.82, 2.24) is 0 Å². The summed E-state index contributed by atoms with van der Waals surface area (Å²) < 4.78 is 97.5. The van der Waals surface area contributed by atoms with Gasteiger partial charge in [0, 0.05) is 41.8 Å². The van der Waals surface area contributed by atoms with Crippen LogP contribution in [-0.4, -0.2) is 41.6 Å². The number of hydrogen-bond donors (Lipinski definition) is 0. The fourth-order valence-electron chi connectivity index (χ4n) is 8.80. The monoisotopic (exact) mass is 857 g/mol. The summed E-state index contributed by atoms with van der Waals surface area (Å²) in [6, 6.07) is 21.8. The molecule has 0 aromatic heterocycles. The van der Waals surface area contributed by atoms with Crippen molar-refractivity contribution in [3.63, 3.8) is 0 Å². The zero-order valence-electron chi connectivity index (χ0n) is 36.1. The van der Waals surface area contributed by atoms with E-state index in [0.717, 1.165) is 35.4 Å². The Hall–Kier alpha value is -5.65. The lowest BCUT2D eigenvalue weighted by molar-refractivity contribution is -0.436. The molecule has 0 aliphatic carbocycles. The molecule has 0 saturated carbocycles. The smallest absolute Gasteiger partial charge is 0.416 e. The molecule has 0 fully saturated rings. The van der Waals surface area contributed by atoms with E-state index in [1.165, 1.54) is 18.2 Å². The average Bonchev–Trinajstić information content (AvgIpc) is 3.54. The van der Waals surface area contributed by atoms with E-state index in [4.69, 9.17) is 9.47 Å². The van der Waals surface area contributed by atoms with Crippen LogP contribution in [0.4, 0.5) is 37.7 Å². The fourth-order valence-corrected chi connectivity index (χ4v) is 8.80. The van der Waals surface area contributed by atoms with Gasteiger partial charge in [0.05, 0.1) is 45.2 Å². The maximum absolute atomic E-state index is 14.1. The Bertz CT molecular complexity index is 2690. The van der Waals surface area contributed by atoms with Crippen molar-refractivity contribution in [2.45, 2.75) is 110 Å². The van der Waals surface area contributed by atoms with E-state index >= 15 is 0 Å². The number of fused-ring (bicyclic) bond motifs is 2. The SMILES string of the molecule is CC(C)Oc1ccc(CCN2c3ccc(C(F)(F)F)cc3C(C)(C)C2C=c2c(=O)c(=CC3=[N+](CCc4ccc(OC(C)C)cc4)c4ccc(C(F)(F)F)cc4C3(C)C)c2=O)cc1. The van der Waals surface area contributed by atoms with Crippen LogP contribution in [0.5, 0.6) is 11.5 Å². The van der Waals surface area contributed by atoms with Crippen LogP contribution in [0.25, 0.3) is 12.2 Å². The zero-order chi connectivity index (χ0) is 45.1. The second-order valence-electron chi connectivity index (χ2n) is 17.9. The summed E-state index contributed by atoms with van der Waals surface area (Å²) in [6.45, 7) is 15.6. The topological polar surface area (TPSA) is 58.9 Å². The van der Waals surface area contributed by atoms with Crippen molar-refractivity contribution in [3.8, 4) is 11.5 Å². The molecule has 6 nitrogen and oxygen atoms in total. The van der Waals surface area contributed by atoms with Crippen molar-refractivity contribution >= 4 is 29.2 Å². The van der Waals surface area contributed by atoms with Crippen LogP contribution in [0, 0.1) is 0 Å². The zero-order valence-corrected chi connectivity index (χ0v) is 36.1. The number of alkyl halides is 6. The summed E-state index contributed by atoms with van der Waals surface area (Å²) >= 11 is 0. The second-order valence-corrected chi connectivity index (χ2v) is 17.9. The van der Waals surface area contributed by atoms with E-state index in [0.29, 0.717) is 65.6 Å². The molecule has 0 radical (unpaired) electrons. The molecule has 0 spiro atoms. The molecule has 1 atom stereocenters. The molecular formula is C50H51F6N2O4+. The molecule has 62 heavy (non-hydrogen) atoms. The van der Waals surface area contributed by atoms with Gasteiger partial charge in [-0.25, -0.2) is 0 Å². The molecule has 2 aliphatic heterocycles. The Morgan fingerprint density at radius 2 is 1.18 bits per heavy atom. The van der Waals surface area contributed by atoms with Gasteiger partial charge in [-0.05, 0) is 125 Å². The number of ether oxygens (including phenoxy) is 2. The minimum absolute atomic E-state index is 0.00376. The van der Waals surface area contributed by atoms with E-state index < -0.39 is 51.2 Å². The molecule has 2 heterocycles. The number of anilines is 1. The normalized spacial score (nSPS) is 16.9. The maximum atomic E-state index is 14.1. The van der Waals surface area contributed by atoms with Gasteiger partial charge < -0.3 is 14.4 Å². The summed E-state index contributed by atoms with van der Waals surface area (Å²) in [5, 5.41) is -0.187. The first-order valence-electron chi connectivity index (χ1n) is 20.9. The largest absolute Gasteiger partial charge is 0.491 e. The Morgan fingerprint density at radius 1 is 0.677 bits per heavy atom. The van der Waals surface area contributed by atoms with Crippen LogP contribution >= 0.6 is 0 Å². The van der Waals surface area contributed by atoms with Gasteiger partial charge in [-0.1, -0.05) is 38.1 Å². The number of halogens is 6. The van der Waals surface area contributed by atoms with Gasteiger partial charge in [0.15, 0.2) is 12.3 Å². The molecule has 1 unspecified atom stereocenters. The molecule has 7 rings (SSSR count). The number of hydrogen-bond acceptors (Lipinski definition) is 5. The van der Waals surface area contributed by atoms with Gasteiger partial charge in [0.2, 0.25) is 16.5 Å². The minimum Gasteiger partial charge on any atom is -0.491 e. The lowest BCUT2D eigenvalue weighted by Crippen LogP contribution is -2.66. The predicted molar refractivity (Wildman–Crippen MR) is 231 cm³/mol. The molecule has 5 aromatic rings. The van der Waals surface area contributed by atoms with Gasteiger partial charge in [-0.2, -0.15) is 30.9 Å². The minimum atomic E-state index is -4.58. The Balaban J connectivity index is 1.28. The molecule has 12 heteroatoms. The molecular weight excluding hydrogens is 807 g/mol. The first kappa shape index (κ1) is 44.4. The van der Waals surface area contributed by atoms with E-state index in [9.17, 15) is 35.9 Å². The first-order valence-corrected chi connectivity index (χ1v) is 20.9. The molecule has 2 aliphatic rings. The van der Waals surface area contributed by atoms with Crippen LogP contribution in [0.15, 0.2) is 94.5 Å². The molecule has 0 saturated heterocycles. The van der Waals surface area contributed by atoms with Crippen molar-refractivity contribution in [3.05, 3.63) is 149 Å². The third-order valence-electron chi connectivity index (χ3n) is 12.1. The lowest BCUT2D eigenvalue weighted by atomic mass is 9.79. The molecule has 0 amide bonds. The van der Waals surface area contributed by atoms with Crippen molar-refractivity contribution in [2.24, 2.45) is 0 Å². The highest BCUT2D eigenvalue weighted by molar-refractivity contribution is 6.15. The number of nitrogens with zero attached hydrogens (tertiary/aromatic N) is 2. The van der Waals surface area contributed by atoms with Crippen molar-refractivity contribution < 1.29 is 40.4 Å². The van der Waals surface area contributed by atoms with Crippen LogP contribution in [0.3, 0.4) is 0 Å². The number of rotatable bonds is 12. The quantitative estimate of drug-likeness (QED) is 0.0926. The molecule has 5 aromatic carbocycles. The second kappa shape index (κ2) is 16.2. The summed E-state index contributed by atoms with van der Waals surface area (Å²) in [5.74, 6) is 1.42. The molecule has 0 N–H and O–H groups in total. The van der Waals surface area contributed by atoms with Crippen molar-refractivity contribution in [1.29, 1.82) is 0 Å². The van der Waals surface area contributed by atoms with E-state index in [1.807, 2.05) is 99.5 Å². The van der Waals surface area contributed by atoms with Crippen LogP contribution in [0.2, 0.25) is 0 Å². The Labute approximate surface area is 357 Å². The van der Waals surface area contributed by atoms with Crippen LogP contribution in [-0.2, 0) is 36.0 Å². The predicted octanol–water partition coefficient (Wildman–Crippen LogP) is 9.18. The Morgan fingerprint density at radius 3 is 1.69 bits per heavy atom. The summed E-state index contributed by atoms with van der Waals surface area (Å²) in [6.07, 6.45) is -5.08. The lowest BCUT2D eigenvalue weighted by Gasteiger charge is -2.32. The highest BCUT2D eigenvalue weighted by atomic mass is 19.4. The third kappa shape index (κ3) is 8.57. The van der Waals surface area contributed by atoms with Gasteiger partial charge in [-0.15, -0.1) is 0 Å². The standard InChI is InChI=1S/C50H51F6N2O4/c1-29(2)61-35-15-9-31(10-16-35)21-23-57-41-19-13-33(49(51,52)53)25-39(41)47(5,6)43(57)27-37-45(59)38(46(37)60)28-44-48(7,8)40-26-34(50(54,55)56)14-20-42(40)58(44)24-22-32-11-17-36(18-12-32)62-30(3)4/h9-20,25-30,43H,21-24H2,1-8H3/q+1. The first-order chi connectivity index (χ1) is 29.0. The number of benzene rings is 4. The van der Waals surface area contributed by atoms with E-state index in [2.05, 4.69) is 0 Å². The van der Waals surface area contributed by atoms with Gasteiger partial charge in [0.25, 0.3) is 0 Å². The molecule has 326 valence electrons. The van der Waals surface area contributed by atoms with Gasteiger partial charge >= 0.3 is 12.4 Å². The highest BCUT2D eigenvalue weighted by Crippen LogP contribution is 2.48.